The van der Waals surface area contributed by atoms with Gasteiger partial charge in [-0.2, -0.15) is 0 Å². The lowest BCUT2D eigenvalue weighted by atomic mass is 10.1. The Morgan fingerprint density at radius 2 is 2.12 bits per heavy atom. The summed E-state index contributed by atoms with van der Waals surface area (Å²) in [6.07, 6.45) is 0. The standard InChI is InChI=1S/C12H14N2OS/c1-8(13)9-5-6-10(14(2)12(9)15)11-4-3-7-16-11/h3-8H,13H2,1-2H3. The molecule has 0 aliphatic rings. The minimum absolute atomic E-state index is 0.0131. The van der Waals surface area contributed by atoms with Crippen molar-refractivity contribution in [2.24, 2.45) is 12.8 Å². The van der Waals surface area contributed by atoms with Crippen LogP contribution in [0.25, 0.3) is 10.6 Å². The number of nitrogens with two attached hydrogens (primary N) is 1. The molecule has 1 atom stereocenters. The second-order valence-corrected chi connectivity index (χ2v) is 4.75. The van der Waals surface area contributed by atoms with E-state index in [-0.39, 0.29) is 11.6 Å². The first kappa shape index (κ1) is 11.1. The van der Waals surface area contributed by atoms with Crippen molar-refractivity contribution in [3.05, 3.63) is 45.6 Å². The molecule has 16 heavy (non-hydrogen) atoms. The second-order valence-electron chi connectivity index (χ2n) is 3.80. The summed E-state index contributed by atoms with van der Waals surface area (Å²) in [5, 5.41) is 2.00. The molecule has 3 nitrogen and oxygen atoms in total. The van der Waals surface area contributed by atoms with Gasteiger partial charge in [-0.15, -0.1) is 11.3 Å². The summed E-state index contributed by atoms with van der Waals surface area (Å²) in [5.41, 5.74) is 7.32. The van der Waals surface area contributed by atoms with Gasteiger partial charge in [-0.1, -0.05) is 6.07 Å². The van der Waals surface area contributed by atoms with Gasteiger partial charge in [-0.3, -0.25) is 4.79 Å². The van der Waals surface area contributed by atoms with E-state index >= 15 is 0 Å². The van der Waals surface area contributed by atoms with E-state index in [0.29, 0.717) is 5.56 Å². The molecule has 0 saturated heterocycles. The number of hydrogen-bond acceptors (Lipinski definition) is 3. The van der Waals surface area contributed by atoms with Crippen LogP contribution >= 0.6 is 11.3 Å². The molecule has 0 aliphatic carbocycles. The first-order valence-corrected chi connectivity index (χ1v) is 5.98. The Labute approximate surface area is 98.2 Å². The molecule has 2 rings (SSSR count). The molecule has 1 unspecified atom stereocenters. The van der Waals surface area contributed by atoms with Crippen LogP contribution in [0.3, 0.4) is 0 Å². The average molecular weight is 234 g/mol. The van der Waals surface area contributed by atoms with Crippen LogP contribution in [0.5, 0.6) is 0 Å². The summed E-state index contributed by atoms with van der Waals surface area (Å²) < 4.78 is 1.66. The van der Waals surface area contributed by atoms with Gasteiger partial charge < -0.3 is 10.3 Å². The van der Waals surface area contributed by atoms with Crippen molar-refractivity contribution in [3.8, 4) is 10.6 Å². The van der Waals surface area contributed by atoms with Gasteiger partial charge in [0.15, 0.2) is 0 Å². The Hall–Kier alpha value is -1.39. The van der Waals surface area contributed by atoms with E-state index in [9.17, 15) is 4.79 Å². The first-order chi connectivity index (χ1) is 7.61. The van der Waals surface area contributed by atoms with Crippen LogP contribution in [0, 0.1) is 0 Å². The van der Waals surface area contributed by atoms with Crippen molar-refractivity contribution in [2.45, 2.75) is 13.0 Å². The van der Waals surface area contributed by atoms with E-state index in [0.717, 1.165) is 10.6 Å². The maximum Gasteiger partial charge on any atom is 0.255 e. The van der Waals surface area contributed by atoms with E-state index < -0.39 is 0 Å². The number of hydrogen-bond donors (Lipinski definition) is 1. The quantitative estimate of drug-likeness (QED) is 0.865. The Morgan fingerprint density at radius 3 is 2.69 bits per heavy atom. The molecular weight excluding hydrogens is 220 g/mol. The normalized spacial score (nSPS) is 12.7. The minimum atomic E-state index is -0.226. The van der Waals surface area contributed by atoms with Crippen LogP contribution in [0.15, 0.2) is 34.4 Å². The van der Waals surface area contributed by atoms with Crippen molar-refractivity contribution in [1.29, 1.82) is 0 Å². The van der Waals surface area contributed by atoms with Crippen LogP contribution in [0.2, 0.25) is 0 Å². The van der Waals surface area contributed by atoms with Crippen molar-refractivity contribution >= 4 is 11.3 Å². The summed E-state index contributed by atoms with van der Waals surface area (Å²) in [6.45, 7) is 1.82. The van der Waals surface area contributed by atoms with E-state index in [2.05, 4.69) is 0 Å². The summed E-state index contributed by atoms with van der Waals surface area (Å²) in [6, 6.07) is 7.53. The van der Waals surface area contributed by atoms with E-state index in [1.165, 1.54) is 0 Å². The van der Waals surface area contributed by atoms with Gasteiger partial charge >= 0.3 is 0 Å². The molecule has 84 valence electrons. The third-order valence-electron chi connectivity index (χ3n) is 2.60. The van der Waals surface area contributed by atoms with Gasteiger partial charge in [0.1, 0.15) is 0 Å². The van der Waals surface area contributed by atoms with Crippen molar-refractivity contribution in [3.63, 3.8) is 0 Å². The maximum atomic E-state index is 12.0. The van der Waals surface area contributed by atoms with Crippen molar-refractivity contribution in [1.82, 2.24) is 4.57 Å². The number of thiophene rings is 1. The zero-order chi connectivity index (χ0) is 11.7. The Bertz CT molecular complexity index is 541. The maximum absolute atomic E-state index is 12.0. The van der Waals surface area contributed by atoms with E-state index in [4.69, 9.17) is 5.73 Å². The lowest BCUT2D eigenvalue weighted by molar-refractivity contribution is 0.761. The predicted octanol–water partition coefficient (Wildman–Crippen LogP) is 2.13. The zero-order valence-corrected chi connectivity index (χ0v) is 10.1. The minimum Gasteiger partial charge on any atom is -0.324 e. The Balaban J connectivity index is 2.60. The van der Waals surface area contributed by atoms with Crippen molar-refractivity contribution in [2.75, 3.05) is 0 Å². The van der Waals surface area contributed by atoms with Gasteiger partial charge in [0.05, 0.1) is 10.6 Å². The van der Waals surface area contributed by atoms with Gasteiger partial charge in [-0.05, 0) is 30.5 Å². The number of pyridine rings is 1. The van der Waals surface area contributed by atoms with Crippen LogP contribution < -0.4 is 11.3 Å². The molecule has 0 bridgehead atoms. The molecule has 0 aromatic carbocycles. The molecule has 2 heterocycles. The first-order valence-electron chi connectivity index (χ1n) is 5.10. The smallest absolute Gasteiger partial charge is 0.255 e. The monoisotopic (exact) mass is 234 g/mol. The molecule has 2 N–H and O–H groups in total. The van der Waals surface area contributed by atoms with Crippen molar-refractivity contribution < 1.29 is 0 Å². The molecule has 0 saturated carbocycles. The fourth-order valence-corrected chi connectivity index (χ4v) is 2.46. The predicted molar refractivity (Wildman–Crippen MR) is 67.6 cm³/mol. The third-order valence-corrected chi connectivity index (χ3v) is 3.49. The van der Waals surface area contributed by atoms with Gasteiger partial charge in [0.25, 0.3) is 5.56 Å². The van der Waals surface area contributed by atoms with E-state index in [1.807, 2.05) is 36.6 Å². The van der Waals surface area contributed by atoms with Crippen LogP contribution in [-0.4, -0.2) is 4.57 Å². The Kier molecular flexibility index (Phi) is 2.94. The number of rotatable bonds is 2. The summed E-state index contributed by atoms with van der Waals surface area (Å²) in [7, 11) is 1.78. The highest BCUT2D eigenvalue weighted by Gasteiger charge is 2.10. The lowest BCUT2D eigenvalue weighted by Crippen LogP contribution is -2.25. The highest BCUT2D eigenvalue weighted by atomic mass is 32.1. The average Bonchev–Trinajstić information content (AvgIpc) is 2.74. The molecule has 0 radical (unpaired) electrons. The molecule has 2 aromatic heterocycles. The van der Waals surface area contributed by atoms with Gasteiger partial charge in [0.2, 0.25) is 0 Å². The molecule has 0 spiro atoms. The zero-order valence-electron chi connectivity index (χ0n) is 9.31. The summed E-state index contributed by atoms with van der Waals surface area (Å²) >= 11 is 1.62. The van der Waals surface area contributed by atoms with Crippen LogP contribution in [0.4, 0.5) is 0 Å². The molecule has 0 fully saturated rings. The fraction of sp³-hybridized carbons (Fsp3) is 0.250. The van der Waals surface area contributed by atoms with Crippen LogP contribution in [0.1, 0.15) is 18.5 Å². The molecule has 0 amide bonds. The summed E-state index contributed by atoms with van der Waals surface area (Å²) in [5.74, 6) is 0. The molecule has 2 aromatic rings. The summed E-state index contributed by atoms with van der Waals surface area (Å²) in [4.78, 5) is 13.1. The third kappa shape index (κ3) is 1.81. The SMILES string of the molecule is CC(N)c1ccc(-c2cccs2)n(C)c1=O. The number of nitrogens with zero attached hydrogens (tertiary/aromatic N) is 1. The van der Waals surface area contributed by atoms with Crippen LogP contribution in [-0.2, 0) is 7.05 Å². The molecule has 0 aliphatic heterocycles. The largest absolute Gasteiger partial charge is 0.324 e. The highest BCUT2D eigenvalue weighted by molar-refractivity contribution is 7.13. The molecular formula is C12H14N2OS. The second kappa shape index (κ2) is 4.23. The van der Waals surface area contributed by atoms with Gasteiger partial charge in [-0.25, -0.2) is 0 Å². The highest BCUT2D eigenvalue weighted by Crippen LogP contribution is 2.23. The fourth-order valence-electron chi connectivity index (χ4n) is 1.67. The molecule has 4 heteroatoms. The number of aromatic nitrogens is 1. The van der Waals surface area contributed by atoms with Gasteiger partial charge in [0, 0.05) is 18.7 Å². The Morgan fingerprint density at radius 1 is 1.38 bits per heavy atom. The van der Waals surface area contributed by atoms with E-state index in [1.54, 1.807) is 23.0 Å². The topological polar surface area (TPSA) is 48.0 Å². The lowest BCUT2D eigenvalue weighted by Gasteiger charge is -2.10.